The zero-order valence-electron chi connectivity index (χ0n) is 11.3. The second-order valence-corrected chi connectivity index (χ2v) is 5.60. The molecule has 1 atom stereocenters. The first-order valence-electron chi connectivity index (χ1n) is 6.48. The van der Waals surface area contributed by atoms with Crippen molar-refractivity contribution in [3.63, 3.8) is 0 Å². The van der Waals surface area contributed by atoms with Crippen molar-refractivity contribution in [2.45, 2.75) is 25.3 Å². The monoisotopic (exact) mass is 312 g/mol. The van der Waals surface area contributed by atoms with Gasteiger partial charge in [0.15, 0.2) is 0 Å². The highest BCUT2D eigenvalue weighted by Gasteiger charge is 2.29. The molecule has 1 saturated heterocycles. The highest BCUT2D eigenvalue weighted by Crippen LogP contribution is 2.29. The Kier molecular flexibility index (Phi) is 4.83. The number of piperidine rings is 1. The van der Waals surface area contributed by atoms with Gasteiger partial charge in [-0.1, -0.05) is 23.8 Å². The maximum absolute atomic E-state index is 11.9. The van der Waals surface area contributed by atoms with Gasteiger partial charge in [0.1, 0.15) is 11.0 Å². The van der Waals surface area contributed by atoms with Gasteiger partial charge >= 0.3 is 5.97 Å². The van der Waals surface area contributed by atoms with E-state index in [1.54, 1.807) is 12.1 Å². The zero-order chi connectivity index (χ0) is 14.7. The highest BCUT2D eigenvalue weighted by atomic mass is 35.5. The Balaban J connectivity index is 2.31. The van der Waals surface area contributed by atoms with Crippen LogP contribution in [0, 0.1) is 0 Å². The summed E-state index contributed by atoms with van der Waals surface area (Å²) in [5, 5.41) is 0.504. The number of benzene rings is 1. The number of esters is 1. The fraction of sp³-hybridized carbons (Fsp3) is 0.429. The van der Waals surface area contributed by atoms with Gasteiger partial charge in [-0.2, -0.15) is 0 Å². The molecule has 0 amide bonds. The molecule has 0 spiro atoms. The van der Waals surface area contributed by atoms with Crippen molar-refractivity contribution >= 4 is 40.5 Å². The number of carbonyl (C=O) groups excluding carboxylic acids is 1. The smallest absolute Gasteiger partial charge is 0.328 e. The summed E-state index contributed by atoms with van der Waals surface area (Å²) in [6, 6.07) is 5.24. The van der Waals surface area contributed by atoms with Crippen molar-refractivity contribution in [3.05, 3.63) is 28.8 Å². The van der Waals surface area contributed by atoms with E-state index in [0.717, 1.165) is 31.5 Å². The minimum absolute atomic E-state index is 0.209. The minimum atomic E-state index is -0.250. The summed E-state index contributed by atoms with van der Waals surface area (Å²) in [4.78, 5) is 14.2. The molecule has 0 aromatic heterocycles. The zero-order valence-corrected chi connectivity index (χ0v) is 12.8. The van der Waals surface area contributed by atoms with Gasteiger partial charge in [-0.25, -0.2) is 4.79 Å². The summed E-state index contributed by atoms with van der Waals surface area (Å²) in [5.41, 5.74) is 7.14. The van der Waals surface area contributed by atoms with E-state index >= 15 is 0 Å². The molecule has 1 heterocycles. The van der Waals surface area contributed by atoms with E-state index in [1.165, 1.54) is 7.11 Å². The average Bonchev–Trinajstić information content (AvgIpc) is 2.46. The van der Waals surface area contributed by atoms with Gasteiger partial charge in [-0.05, 0) is 37.5 Å². The number of hydrogen-bond donors (Lipinski definition) is 1. The molecule has 0 bridgehead atoms. The van der Waals surface area contributed by atoms with Crippen molar-refractivity contribution in [1.29, 1.82) is 0 Å². The molecule has 1 aliphatic rings. The molecule has 0 radical (unpaired) electrons. The standard InChI is InChI=1S/C14H17ClN2O2S/c1-19-14(18)12-4-2-3-7-17(12)9-5-6-10(13(16)20)11(15)8-9/h5-6,8,12H,2-4,7H2,1H3,(H2,16,20). The van der Waals surface area contributed by atoms with Gasteiger partial charge in [-0.3, -0.25) is 0 Å². The lowest BCUT2D eigenvalue weighted by Gasteiger charge is -2.35. The van der Waals surface area contributed by atoms with Gasteiger partial charge < -0.3 is 15.4 Å². The summed E-state index contributed by atoms with van der Waals surface area (Å²) in [7, 11) is 1.41. The lowest BCUT2D eigenvalue weighted by atomic mass is 10.0. The molecule has 6 heteroatoms. The summed E-state index contributed by atoms with van der Waals surface area (Å²) in [6.45, 7) is 0.808. The van der Waals surface area contributed by atoms with E-state index in [2.05, 4.69) is 0 Å². The molecule has 2 N–H and O–H groups in total. The van der Waals surface area contributed by atoms with Crippen LogP contribution in [-0.4, -0.2) is 30.7 Å². The molecule has 1 aliphatic heterocycles. The Bertz CT molecular complexity index is 536. The van der Waals surface area contributed by atoms with Gasteiger partial charge in [-0.15, -0.1) is 0 Å². The average molecular weight is 313 g/mol. The van der Waals surface area contributed by atoms with Gasteiger partial charge in [0.05, 0.1) is 12.1 Å². The molecule has 2 rings (SSSR count). The van der Waals surface area contributed by atoms with Crippen molar-refractivity contribution in [2.24, 2.45) is 5.73 Å². The third-order valence-corrected chi connectivity index (χ3v) is 4.06. The molecular formula is C14H17ClN2O2S. The number of halogens is 1. The van der Waals surface area contributed by atoms with Crippen LogP contribution in [0.3, 0.4) is 0 Å². The lowest BCUT2D eigenvalue weighted by molar-refractivity contribution is -0.142. The number of anilines is 1. The van der Waals surface area contributed by atoms with E-state index in [9.17, 15) is 4.79 Å². The maximum Gasteiger partial charge on any atom is 0.328 e. The number of thiocarbonyl (C=S) groups is 1. The minimum Gasteiger partial charge on any atom is -0.467 e. The fourth-order valence-corrected chi connectivity index (χ4v) is 3.01. The summed E-state index contributed by atoms with van der Waals surface area (Å²) < 4.78 is 4.88. The van der Waals surface area contributed by atoms with Crippen LogP contribution in [0.15, 0.2) is 18.2 Å². The first kappa shape index (κ1) is 15.1. The third kappa shape index (κ3) is 3.04. The SMILES string of the molecule is COC(=O)C1CCCCN1c1ccc(C(N)=S)c(Cl)c1. The molecule has 1 aromatic carbocycles. The molecule has 1 aromatic rings. The number of hydrogen-bond acceptors (Lipinski definition) is 4. The van der Waals surface area contributed by atoms with Crippen molar-refractivity contribution < 1.29 is 9.53 Å². The molecule has 108 valence electrons. The Labute approximate surface area is 128 Å². The van der Waals surface area contributed by atoms with Crippen LogP contribution in [0.5, 0.6) is 0 Å². The first-order valence-corrected chi connectivity index (χ1v) is 7.27. The van der Waals surface area contributed by atoms with Crippen molar-refractivity contribution in [3.8, 4) is 0 Å². The molecule has 0 aliphatic carbocycles. The second kappa shape index (κ2) is 6.41. The molecule has 1 unspecified atom stereocenters. The number of rotatable bonds is 3. The van der Waals surface area contributed by atoms with E-state index < -0.39 is 0 Å². The fourth-order valence-electron chi connectivity index (χ4n) is 2.50. The summed E-state index contributed by atoms with van der Waals surface area (Å²) >= 11 is 11.1. The number of methoxy groups -OCH3 is 1. The Morgan fingerprint density at radius 3 is 2.85 bits per heavy atom. The molecule has 1 fully saturated rings. The molecule has 0 saturated carbocycles. The lowest BCUT2D eigenvalue weighted by Crippen LogP contribution is -2.45. The number of carbonyl (C=O) groups is 1. The van der Waals surface area contributed by atoms with Gasteiger partial charge in [0.25, 0.3) is 0 Å². The van der Waals surface area contributed by atoms with Crippen LogP contribution < -0.4 is 10.6 Å². The largest absolute Gasteiger partial charge is 0.467 e. The van der Waals surface area contributed by atoms with E-state index in [1.807, 2.05) is 11.0 Å². The number of nitrogens with two attached hydrogens (primary N) is 1. The number of ether oxygens (including phenoxy) is 1. The van der Waals surface area contributed by atoms with Crippen LogP contribution in [0.4, 0.5) is 5.69 Å². The molecular weight excluding hydrogens is 296 g/mol. The van der Waals surface area contributed by atoms with Crippen molar-refractivity contribution in [2.75, 3.05) is 18.6 Å². The highest BCUT2D eigenvalue weighted by molar-refractivity contribution is 7.80. The molecule has 4 nitrogen and oxygen atoms in total. The molecule has 20 heavy (non-hydrogen) atoms. The first-order chi connectivity index (χ1) is 9.54. The normalized spacial score (nSPS) is 18.7. The van der Waals surface area contributed by atoms with Gasteiger partial charge in [0, 0.05) is 17.8 Å². The van der Waals surface area contributed by atoms with E-state index in [-0.39, 0.29) is 17.0 Å². The topological polar surface area (TPSA) is 55.6 Å². The predicted molar refractivity (Wildman–Crippen MR) is 84.3 cm³/mol. The Hall–Kier alpha value is -1.33. The number of nitrogens with zero attached hydrogens (tertiary/aromatic N) is 1. The van der Waals surface area contributed by atoms with Crippen LogP contribution in [0.2, 0.25) is 5.02 Å². The Morgan fingerprint density at radius 1 is 1.50 bits per heavy atom. The predicted octanol–water partition coefficient (Wildman–Crippen LogP) is 2.51. The second-order valence-electron chi connectivity index (χ2n) is 4.76. The quantitative estimate of drug-likeness (QED) is 0.686. The maximum atomic E-state index is 11.9. The van der Waals surface area contributed by atoms with E-state index in [0.29, 0.717) is 10.6 Å². The van der Waals surface area contributed by atoms with Crippen LogP contribution in [0.25, 0.3) is 0 Å². The van der Waals surface area contributed by atoms with Gasteiger partial charge in [0.2, 0.25) is 0 Å². The summed E-state index contributed by atoms with van der Waals surface area (Å²) in [6.07, 6.45) is 2.86. The Morgan fingerprint density at radius 2 is 2.25 bits per heavy atom. The van der Waals surface area contributed by atoms with Crippen molar-refractivity contribution in [1.82, 2.24) is 0 Å². The van der Waals surface area contributed by atoms with E-state index in [4.69, 9.17) is 34.3 Å². The van der Waals surface area contributed by atoms with Crippen LogP contribution in [-0.2, 0) is 9.53 Å². The third-order valence-electron chi connectivity index (χ3n) is 3.53. The van der Waals surface area contributed by atoms with Crippen LogP contribution >= 0.6 is 23.8 Å². The summed E-state index contributed by atoms with van der Waals surface area (Å²) in [5.74, 6) is -0.209. The van der Waals surface area contributed by atoms with Crippen LogP contribution in [0.1, 0.15) is 24.8 Å².